The van der Waals surface area contributed by atoms with Crippen LogP contribution in [0.1, 0.15) is 0 Å². The van der Waals surface area contributed by atoms with Gasteiger partial charge >= 0.3 is 5.69 Å². The van der Waals surface area contributed by atoms with Gasteiger partial charge in [-0.25, -0.2) is 9.97 Å². The molecule has 10 heteroatoms. The van der Waals surface area contributed by atoms with Crippen molar-refractivity contribution < 1.29 is 4.92 Å². The van der Waals surface area contributed by atoms with Crippen molar-refractivity contribution in [1.29, 1.82) is 0 Å². The van der Waals surface area contributed by atoms with E-state index in [1.165, 1.54) is 12.1 Å². The molecule has 2 rings (SSSR count). The molecule has 1 heterocycles. The van der Waals surface area contributed by atoms with Crippen molar-refractivity contribution >= 4 is 63.6 Å². The van der Waals surface area contributed by atoms with Crippen LogP contribution >= 0.6 is 46.4 Å². The maximum atomic E-state index is 11.0. The van der Waals surface area contributed by atoms with E-state index in [-0.39, 0.29) is 26.0 Å². The Morgan fingerprint density at radius 3 is 2.35 bits per heavy atom. The third-order valence-electron chi connectivity index (χ3n) is 2.22. The van der Waals surface area contributed by atoms with Crippen molar-refractivity contribution in [3.63, 3.8) is 0 Å². The van der Waals surface area contributed by atoms with E-state index in [1.807, 2.05) is 0 Å². The minimum absolute atomic E-state index is 0.102. The van der Waals surface area contributed by atoms with Crippen LogP contribution in [0.4, 0.5) is 17.2 Å². The minimum atomic E-state index is -0.698. The summed E-state index contributed by atoms with van der Waals surface area (Å²) in [5, 5.41) is 14.1. The van der Waals surface area contributed by atoms with Crippen LogP contribution in [-0.4, -0.2) is 14.9 Å². The SMILES string of the molecule is O=[N+]([O-])c1c(Cl)ncnc1Nc1cc(Cl)c(Cl)cc1Cl. The molecule has 0 unspecified atom stereocenters. The fourth-order valence-electron chi connectivity index (χ4n) is 1.36. The Bertz CT molecular complexity index is 695. The van der Waals surface area contributed by atoms with Crippen molar-refractivity contribution in [2.75, 3.05) is 5.32 Å². The number of benzene rings is 1. The summed E-state index contributed by atoms with van der Waals surface area (Å²) in [4.78, 5) is 17.6. The lowest BCUT2D eigenvalue weighted by atomic mass is 10.3. The van der Waals surface area contributed by atoms with E-state index in [0.717, 1.165) is 6.33 Å². The highest BCUT2D eigenvalue weighted by molar-refractivity contribution is 6.44. The van der Waals surface area contributed by atoms with Gasteiger partial charge in [0.05, 0.1) is 25.7 Å². The highest BCUT2D eigenvalue weighted by Crippen LogP contribution is 2.36. The molecule has 0 spiro atoms. The van der Waals surface area contributed by atoms with Gasteiger partial charge < -0.3 is 5.32 Å². The van der Waals surface area contributed by atoms with Gasteiger partial charge in [-0.05, 0) is 12.1 Å². The van der Waals surface area contributed by atoms with Crippen LogP contribution < -0.4 is 5.32 Å². The summed E-state index contributed by atoms with van der Waals surface area (Å²) >= 11 is 23.3. The van der Waals surface area contributed by atoms with E-state index < -0.39 is 10.6 Å². The van der Waals surface area contributed by atoms with Crippen molar-refractivity contribution in [3.8, 4) is 0 Å². The van der Waals surface area contributed by atoms with E-state index in [0.29, 0.717) is 5.69 Å². The molecule has 0 bridgehead atoms. The van der Waals surface area contributed by atoms with Crippen molar-refractivity contribution in [2.45, 2.75) is 0 Å². The van der Waals surface area contributed by atoms with Crippen LogP contribution in [0.5, 0.6) is 0 Å². The number of hydrogen-bond acceptors (Lipinski definition) is 5. The molecule has 0 aliphatic carbocycles. The van der Waals surface area contributed by atoms with Gasteiger partial charge in [0.2, 0.25) is 11.0 Å². The zero-order chi connectivity index (χ0) is 14.9. The minimum Gasteiger partial charge on any atom is -0.333 e. The highest BCUT2D eigenvalue weighted by Gasteiger charge is 2.22. The summed E-state index contributed by atoms with van der Waals surface area (Å²) in [6, 6.07) is 2.83. The van der Waals surface area contributed by atoms with Gasteiger partial charge in [-0.15, -0.1) is 0 Å². The first-order valence-corrected chi connectivity index (χ1v) is 6.47. The first-order chi connectivity index (χ1) is 9.40. The number of halogens is 4. The molecule has 2 aromatic rings. The summed E-state index contributed by atoms with van der Waals surface area (Å²) in [5.74, 6) is -0.102. The Hall–Kier alpha value is -1.34. The summed E-state index contributed by atoms with van der Waals surface area (Å²) < 4.78 is 0. The van der Waals surface area contributed by atoms with Gasteiger partial charge in [0.1, 0.15) is 6.33 Å². The van der Waals surface area contributed by atoms with Crippen LogP contribution in [0.25, 0.3) is 0 Å². The Balaban J connectivity index is 2.48. The summed E-state index contributed by atoms with van der Waals surface area (Å²) in [5.41, 5.74) is -0.157. The molecule has 6 nitrogen and oxygen atoms in total. The molecule has 0 aliphatic rings. The Morgan fingerprint density at radius 1 is 1.05 bits per heavy atom. The lowest BCUT2D eigenvalue weighted by Crippen LogP contribution is -2.02. The average molecular weight is 354 g/mol. The molecule has 1 aromatic carbocycles. The Labute approximate surface area is 132 Å². The largest absolute Gasteiger partial charge is 0.348 e. The molecule has 0 atom stereocenters. The molecule has 0 amide bonds. The van der Waals surface area contributed by atoms with Crippen molar-refractivity contribution in [2.24, 2.45) is 0 Å². The Kier molecular flexibility index (Phi) is 4.49. The number of nitrogens with one attached hydrogen (secondary N) is 1. The maximum absolute atomic E-state index is 11.0. The predicted molar refractivity (Wildman–Crippen MR) is 78.5 cm³/mol. The van der Waals surface area contributed by atoms with Gasteiger partial charge in [0.15, 0.2) is 0 Å². The number of aromatic nitrogens is 2. The van der Waals surface area contributed by atoms with Crippen LogP contribution in [0.3, 0.4) is 0 Å². The normalized spacial score (nSPS) is 10.4. The second-order valence-electron chi connectivity index (χ2n) is 3.49. The maximum Gasteiger partial charge on any atom is 0.348 e. The standard InChI is InChI=1S/C10H4Cl4N4O2/c11-4-1-6(13)7(2-5(4)12)17-10-8(18(19)20)9(14)15-3-16-10/h1-3H,(H,15,16,17). The van der Waals surface area contributed by atoms with Gasteiger partial charge in [-0.2, -0.15) is 0 Å². The molecule has 20 heavy (non-hydrogen) atoms. The zero-order valence-corrected chi connectivity index (χ0v) is 12.4. The lowest BCUT2D eigenvalue weighted by molar-refractivity contribution is -0.384. The van der Waals surface area contributed by atoms with Gasteiger partial charge in [-0.3, -0.25) is 10.1 Å². The molecule has 1 N–H and O–H groups in total. The highest BCUT2D eigenvalue weighted by atomic mass is 35.5. The first kappa shape index (κ1) is 15.1. The topological polar surface area (TPSA) is 81.0 Å². The summed E-state index contributed by atoms with van der Waals surface area (Å²) in [6.45, 7) is 0. The number of hydrogen-bond donors (Lipinski definition) is 1. The Morgan fingerprint density at radius 2 is 1.70 bits per heavy atom. The molecule has 0 saturated heterocycles. The number of anilines is 2. The fourth-order valence-corrected chi connectivity index (χ4v) is 2.15. The monoisotopic (exact) mass is 352 g/mol. The van der Waals surface area contributed by atoms with Crippen molar-refractivity contribution in [3.05, 3.63) is 48.8 Å². The van der Waals surface area contributed by atoms with Crippen LogP contribution in [-0.2, 0) is 0 Å². The van der Waals surface area contributed by atoms with Crippen LogP contribution in [0.2, 0.25) is 20.2 Å². The predicted octanol–water partition coefficient (Wildman–Crippen LogP) is 4.74. The van der Waals surface area contributed by atoms with E-state index in [4.69, 9.17) is 46.4 Å². The van der Waals surface area contributed by atoms with E-state index in [9.17, 15) is 10.1 Å². The van der Waals surface area contributed by atoms with Gasteiger partial charge in [0, 0.05) is 0 Å². The van der Waals surface area contributed by atoms with Crippen molar-refractivity contribution in [1.82, 2.24) is 9.97 Å². The van der Waals surface area contributed by atoms with Crippen LogP contribution in [0, 0.1) is 10.1 Å². The smallest absolute Gasteiger partial charge is 0.333 e. The summed E-state index contributed by atoms with van der Waals surface area (Å²) in [6.07, 6.45) is 1.09. The van der Waals surface area contributed by atoms with E-state index in [1.54, 1.807) is 0 Å². The zero-order valence-electron chi connectivity index (χ0n) is 9.40. The molecular formula is C10H4Cl4N4O2. The van der Waals surface area contributed by atoms with Gasteiger partial charge in [0.25, 0.3) is 0 Å². The van der Waals surface area contributed by atoms with E-state index in [2.05, 4.69) is 15.3 Å². The average Bonchev–Trinajstić information content (AvgIpc) is 2.35. The molecule has 1 aromatic heterocycles. The third-order valence-corrected chi connectivity index (χ3v) is 3.53. The molecule has 0 aliphatic heterocycles. The molecule has 104 valence electrons. The van der Waals surface area contributed by atoms with E-state index >= 15 is 0 Å². The molecule has 0 saturated carbocycles. The lowest BCUT2D eigenvalue weighted by Gasteiger charge is -2.09. The van der Waals surface area contributed by atoms with Crippen LogP contribution in [0.15, 0.2) is 18.5 Å². The fraction of sp³-hybridized carbons (Fsp3) is 0. The number of nitrogens with zero attached hydrogens (tertiary/aromatic N) is 3. The second-order valence-corrected chi connectivity index (χ2v) is 5.07. The number of rotatable bonds is 3. The molecule has 0 radical (unpaired) electrons. The number of nitro groups is 1. The third kappa shape index (κ3) is 3.04. The molecule has 0 fully saturated rings. The van der Waals surface area contributed by atoms with Gasteiger partial charge in [-0.1, -0.05) is 46.4 Å². The quantitative estimate of drug-likeness (QED) is 0.373. The summed E-state index contributed by atoms with van der Waals surface area (Å²) in [7, 11) is 0. The first-order valence-electron chi connectivity index (χ1n) is 4.96. The second kappa shape index (κ2) is 5.97. The molecular weight excluding hydrogens is 350 g/mol.